The minimum Gasteiger partial charge on any atom is -0.392 e. The van der Waals surface area contributed by atoms with Crippen molar-refractivity contribution in [1.82, 2.24) is 19.9 Å². The highest BCUT2D eigenvalue weighted by molar-refractivity contribution is 4.92. The Kier molecular flexibility index (Phi) is 6.99. The van der Waals surface area contributed by atoms with Gasteiger partial charge >= 0.3 is 0 Å². The lowest BCUT2D eigenvalue weighted by atomic mass is 9.95. The number of likely N-dealkylation sites (tertiary alicyclic amines) is 1. The third-order valence-corrected chi connectivity index (χ3v) is 4.75. The van der Waals surface area contributed by atoms with Crippen LogP contribution in [0, 0.1) is 5.92 Å². The summed E-state index contributed by atoms with van der Waals surface area (Å²) >= 11 is 0. The Labute approximate surface area is 139 Å². The van der Waals surface area contributed by atoms with Gasteiger partial charge in [0.2, 0.25) is 5.89 Å². The molecule has 0 amide bonds. The molecule has 2 rings (SSSR count). The van der Waals surface area contributed by atoms with E-state index in [2.05, 4.69) is 40.8 Å². The molecule has 1 aliphatic rings. The van der Waals surface area contributed by atoms with Gasteiger partial charge in [-0.15, -0.1) is 0 Å². The van der Waals surface area contributed by atoms with Crippen LogP contribution in [0.1, 0.15) is 57.8 Å². The molecule has 1 N–H and O–H groups in total. The topological polar surface area (TPSA) is 65.6 Å². The van der Waals surface area contributed by atoms with Crippen molar-refractivity contribution in [2.24, 2.45) is 5.92 Å². The van der Waals surface area contributed by atoms with Crippen LogP contribution in [0.4, 0.5) is 0 Å². The van der Waals surface area contributed by atoms with E-state index in [1.54, 1.807) is 0 Å². The molecule has 6 nitrogen and oxygen atoms in total. The molecule has 6 heteroatoms. The molecule has 0 aliphatic carbocycles. The molecule has 0 bridgehead atoms. The fraction of sp³-hybridized carbons (Fsp3) is 0.882. The zero-order valence-corrected chi connectivity index (χ0v) is 15.0. The lowest BCUT2D eigenvalue weighted by Crippen LogP contribution is -2.41. The summed E-state index contributed by atoms with van der Waals surface area (Å²) in [5, 5.41) is 13.5. The van der Waals surface area contributed by atoms with Crippen LogP contribution >= 0.6 is 0 Å². The Morgan fingerprint density at radius 3 is 2.65 bits per heavy atom. The maximum absolute atomic E-state index is 9.48. The van der Waals surface area contributed by atoms with E-state index in [9.17, 15) is 5.11 Å². The molecule has 2 heterocycles. The largest absolute Gasteiger partial charge is 0.392 e. The van der Waals surface area contributed by atoms with Gasteiger partial charge in [0.25, 0.3) is 0 Å². The van der Waals surface area contributed by atoms with E-state index in [0.29, 0.717) is 5.92 Å². The molecule has 0 unspecified atom stereocenters. The molecule has 0 saturated carbocycles. The molecule has 2 atom stereocenters. The van der Waals surface area contributed by atoms with E-state index < -0.39 is 0 Å². The fourth-order valence-corrected chi connectivity index (χ4v) is 3.24. The van der Waals surface area contributed by atoms with E-state index in [1.807, 2.05) is 6.92 Å². The molecule has 0 spiro atoms. The predicted octanol–water partition coefficient (Wildman–Crippen LogP) is 2.11. The first-order chi connectivity index (χ1) is 11.0. The second kappa shape index (κ2) is 8.76. The monoisotopic (exact) mass is 324 g/mol. The van der Waals surface area contributed by atoms with Crippen molar-refractivity contribution in [1.29, 1.82) is 0 Å². The van der Waals surface area contributed by atoms with Gasteiger partial charge in [-0.2, -0.15) is 4.98 Å². The second-order valence-electron chi connectivity index (χ2n) is 7.01. The molecular formula is C17H32N4O2. The van der Waals surface area contributed by atoms with Gasteiger partial charge in [0.05, 0.1) is 12.1 Å². The van der Waals surface area contributed by atoms with Crippen LogP contribution in [0.3, 0.4) is 0 Å². The van der Waals surface area contributed by atoms with Crippen LogP contribution in [0.5, 0.6) is 0 Å². The number of piperidine rings is 1. The number of aryl methyl sites for hydroxylation is 1. The highest BCUT2D eigenvalue weighted by atomic mass is 16.5. The smallest absolute Gasteiger partial charge is 0.243 e. The van der Waals surface area contributed by atoms with E-state index >= 15 is 0 Å². The van der Waals surface area contributed by atoms with Gasteiger partial charge in [-0.3, -0.25) is 4.90 Å². The third-order valence-electron chi connectivity index (χ3n) is 4.75. The number of aromatic nitrogens is 2. The van der Waals surface area contributed by atoms with Crippen molar-refractivity contribution in [3.8, 4) is 0 Å². The molecule has 0 aromatic carbocycles. The molecule has 132 valence electrons. The standard InChI is InChI=1S/C17H32N4O2/c1-5-6-16-18-17(23-19-16)14(3)20(4)12-15-7-9-21(10-8-15)11-13(2)22/h13-15,22H,5-12H2,1-4H3/t13-,14+/m1/s1. The lowest BCUT2D eigenvalue weighted by Gasteiger charge is -2.35. The van der Waals surface area contributed by atoms with Crippen LogP contribution in [0.25, 0.3) is 0 Å². The average Bonchev–Trinajstić information content (AvgIpc) is 2.97. The normalized spacial score (nSPS) is 20.1. The number of β-amino-alcohol motifs (C(OH)–C–C–N with tert-alkyl or cyclic N) is 1. The predicted molar refractivity (Wildman–Crippen MR) is 90.2 cm³/mol. The van der Waals surface area contributed by atoms with Crippen LogP contribution in [0.15, 0.2) is 4.52 Å². The summed E-state index contributed by atoms with van der Waals surface area (Å²) in [4.78, 5) is 9.18. The summed E-state index contributed by atoms with van der Waals surface area (Å²) in [6.07, 6.45) is 4.06. The van der Waals surface area contributed by atoms with Gasteiger partial charge in [-0.1, -0.05) is 12.1 Å². The van der Waals surface area contributed by atoms with E-state index in [0.717, 1.165) is 50.7 Å². The van der Waals surface area contributed by atoms with Crippen molar-refractivity contribution in [3.63, 3.8) is 0 Å². The van der Waals surface area contributed by atoms with Crippen LogP contribution in [-0.2, 0) is 6.42 Å². The van der Waals surface area contributed by atoms with Crippen molar-refractivity contribution in [3.05, 3.63) is 11.7 Å². The Bertz CT molecular complexity index is 455. The number of hydrogen-bond acceptors (Lipinski definition) is 6. The molecule has 1 saturated heterocycles. The first-order valence-corrected chi connectivity index (χ1v) is 8.92. The molecular weight excluding hydrogens is 292 g/mol. The fourth-order valence-electron chi connectivity index (χ4n) is 3.24. The highest BCUT2D eigenvalue weighted by Gasteiger charge is 2.25. The zero-order valence-electron chi connectivity index (χ0n) is 15.0. The molecule has 23 heavy (non-hydrogen) atoms. The molecule has 1 fully saturated rings. The van der Waals surface area contributed by atoms with Crippen LogP contribution in [0.2, 0.25) is 0 Å². The Hall–Kier alpha value is -0.980. The van der Waals surface area contributed by atoms with E-state index in [1.165, 1.54) is 12.8 Å². The number of rotatable bonds is 8. The van der Waals surface area contributed by atoms with Crippen LogP contribution < -0.4 is 0 Å². The maximum Gasteiger partial charge on any atom is 0.243 e. The Morgan fingerprint density at radius 1 is 1.35 bits per heavy atom. The summed E-state index contributed by atoms with van der Waals surface area (Å²) < 4.78 is 5.41. The van der Waals surface area contributed by atoms with Gasteiger partial charge in [0.1, 0.15) is 0 Å². The average molecular weight is 324 g/mol. The number of aliphatic hydroxyl groups excluding tert-OH is 1. The van der Waals surface area contributed by atoms with Crippen LogP contribution in [-0.4, -0.2) is 64.4 Å². The summed E-state index contributed by atoms with van der Waals surface area (Å²) in [6.45, 7) is 10.1. The molecule has 0 radical (unpaired) electrons. The second-order valence-corrected chi connectivity index (χ2v) is 7.01. The summed E-state index contributed by atoms with van der Waals surface area (Å²) in [5.41, 5.74) is 0. The third kappa shape index (κ3) is 5.55. The molecule has 1 aliphatic heterocycles. The van der Waals surface area contributed by atoms with Crippen molar-refractivity contribution in [2.75, 3.05) is 33.2 Å². The van der Waals surface area contributed by atoms with Crippen molar-refractivity contribution >= 4 is 0 Å². The minimum absolute atomic E-state index is 0.156. The Balaban J connectivity index is 1.78. The molecule has 1 aromatic rings. The minimum atomic E-state index is -0.232. The SMILES string of the molecule is CCCc1noc([C@H](C)N(C)CC2CCN(C[C@@H](C)O)CC2)n1. The quantitative estimate of drug-likeness (QED) is 0.790. The molecule has 1 aromatic heterocycles. The summed E-state index contributed by atoms with van der Waals surface area (Å²) in [7, 11) is 2.14. The summed E-state index contributed by atoms with van der Waals surface area (Å²) in [5.74, 6) is 2.24. The van der Waals surface area contributed by atoms with E-state index in [-0.39, 0.29) is 12.1 Å². The van der Waals surface area contributed by atoms with Gasteiger partial charge in [0.15, 0.2) is 5.82 Å². The highest BCUT2D eigenvalue weighted by Crippen LogP contribution is 2.23. The van der Waals surface area contributed by atoms with E-state index in [4.69, 9.17) is 4.52 Å². The zero-order chi connectivity index (χ0) is 16.8. The summed E-state index contributed by atoms with van der Waals surface area (Å²) in [6, 6.07) is 0.156. The first-order valence-electron chi connectivity index (χ1n) is 8.92. The number of nitrogens with zero attached hydrogens (tertiary/aromatic N) is 4. The van der Waals surface area contributed by atoms with Gasteiger partial charge < -0.3 is 14.5 Å². The Morgan fingerprint density at radius 2 is 2.04 bits per heavy atom. The van der Waals surface area contributed by atoms with Gasteiger partial charge in [-0.25, -0.2) is 0 Å². The first kappa shape index (κ1) is 18.4. The van der Waals surface area contributed by atoms with Gasteiger partial charge in [0, 0.05) is 19.5 Å². The number of aliphatic hydroxyl groups is 1. The van der Waals surface area contributed by atoms with Gasteiger partial charge in [-0.05, 0) is 59.2 Å². The van der Waals surface area contributed by atoms with Crippen molar-refractivity contribution < 1.29 is 9.63 Å². The maximum atomic E-state index is 9.48. The van der Waals surface area contributed by atoms with Crippen molar-refractivity contribution in [2.45, 2.75) is 58.6 Å². The number of hydrogen-bond donors (Lipinski definition) is 1. The lowest BCUT2D eigenvalue weighted by molar-refractivity contribution is 0.0860.